The van der Waals surface area contributed by atoms with E-state index in [1.165, 1.54) is 53.4 Å². The smallest absolute Gasteiger partial charge is 0.0656 e. The van der Waals surface area contributed by atoms with Crippen molar-refractivity contribution in [2.24, 2.45) is 5.92 Å². The Balaban J connectivity index is 2.07. The van der Waals surface area contributed by atoms with Crippen molar-refractivity contribution in [2.45, 2.75) is 57.9 Å². The molecule has 0 aliphatic heterocycles. The summed E-state index contributed by atoms with van der Waals surface area (Å²) in [6.07, 6.45) is 9.79. The van der Waals surface area contributed by atoms with Gasteiger partial charge in [0.25, 0.3) is 0 Å². The third kappa shape index (κ3) is 4.20. The molecule has 1 N–H and O–H groups in total. The molecule has 0 spiro atoms. The summed E-state index contributed by atoms with van der Waals surface area (Å²) in [4.78, 5) is 0. The monoisotopic (exact) mass is 377 g/mol. The van der Waals surface area contributed by atoms with Crippen molar-refractivity contribution in [3.05, 3.63) is 19.9 Å². The van der Waals surface area contributed by atoms with Crippen molar-refractivity contribution in [3.8, 4) is 0 Å². The van der Waals surface area contributed by atoms with Gasteiger partial charge < -0.3 is 5.32 Å². The van der Waals surface area contributed by atoms with Gasteiger partial charge in [-0.05, 0) is 71.3 Å². The molecule has 1 aromatic rings. The van der Waals surface area contributed by atoms with Gasteiger partial charge in [-0.2, -0.15) is 0 Å². The number of hydrogen-bond acceptors (Lipinski definition) is 2. The van der Waals surface area contributed by atoms with Gasteiger partial charge in [-0.15, -0.1) is 11.3 Å². The number of nitrogens with one attached hydrogen (secondary N) is 1. The first-order valence-corrected chi connectivity index (χ1v) is 9.24. The maximum absolute atomic E-state index is 3.80. The van der Waals surface area contributed by atoms with Crippen LogP contribution in [-0.2, 0) is 0 Å². The molecule has 1 heterocycles. The Kier molecular flexibility index (Phi) is 6.45. The van der Waals surface area contributed by atoms with Crippen LogP contribution in [0.15, 0.2) is 11.4 Å². The molecule has 1 aliphatic rings. The Morgan fingerprint density at radius 1 is 1.33 bits per heavy atom. The molecule has 0 saturated heterocycles. The van der Waals surface area contributed by atoms with Crippen LogP contribution in [-0.4, -0.2) is 6.54 Å². The van der Waals surface area contributed by atoms with Crippen molar-refractivity contribution >= 4 is 33.9 Å². The Bertz CT molecular complexity index is 342. The minimum absolute atomic E-state index is 0.600. The summed E-state index contributed by atoms with van der Waals surface area (Å²) in [5.41, 5.74) is 1.53. The van der Waals surface area contributed by atoms with Crippen LogP contribution >= 0.6 is 33.9 Å². The highest BCUT2D eigenvalue weighted by Gasteiger charge is 2.24. The molecule has 1 nitrogen and oxygen atoms in total. The van der Waals surface area contributed by atoms with E-state index in [0.717, 1.165) is 12.5 Å². The molecule has 0 radical (unpaired) electrons. The SMILES string of the molecule is CCCNC(c1csc(I)c1)C1CCCCCC1. The summed E-state index contributed by atoms with van der Waals surface area (Å²) in [5.74, 6) is 0.851. The van der Waals surface area contributed by atoms with Gasteiger partial charge in [-0.25, -0.2) is 0 Å². The molecule has 1 aliphatic carbocycles. The van der Waals surface area contributed by atoms with Gasteiger partial charge in [0, 0.05) is 6.04 Å². The zero-order chi connectivity index (χ0) is 12.8. The first kappa shape index (κ1) is 14.8. The molecule has 1 saturated carbocycles. The fourth-order valence-electron chi connectivity index (χ4n) is 2.99. The van der Waals surface area contributed by atoms with Crippen LogP contribution in [0, 0.1) is 8.80 Å². The van der Waals surface area contributed by atoms with Crippen molar-refractivity contribution in [3.63, 3.8) is 0 Å². The van der Waals surface area contributed by atoms with Crippen LogP contribution < -0.4 is 5.32 Å². The van der Waals surface area contributed by atoms with E-state index in [1.54, 1.807) is 0 Å². The third-order valence-corrected chi connectivity index (χ3v) is 5.74. The molecule has 1 atom stereocenters. The molecule has 1 fully saturated rings. The van der Waals surface area contributed by atoms with E-state index >= 15 is 0 Å². The summed E-state index contributed by atoms with van der Waals surface area (Å²) in [6.45, 7) is 3.40. The quantitative estimate of drug-likeness (QED) is 0.538. The standard InChI is InChI=1S/C15H24INS/c1-2-9-17-15(13-10-14(16)18-11-13)12-7-5-3-4-6-8-12/h10-12,15,17H,2-9H2,1H3. The summed E-state index contributed by atoms with van der Waals surface area (Å²) in [6, 6.07) is 2.98. The van der Waals surface area contributed by atoms with Crippen molar-refractivity contribution in [1.29, 1.82) is 0 Å². The number of rotatable bonds is 5. The van der Waals surface area contributed by atoms with E-state index in [2.05, 4.69) is 46.3 Å². The molecule has 0 aromatic carbocycles. The lowest BCUT2D eigenvalue weighted by Gasteiger charge is -2.27. The van der Waals surface area contributed by atoms with E-state index in [1.807, 2.05) is 11.3 Å². The molecule has 3 heteroatoms. The summed E-state index contributed by atoms with van der Waals surface area (Å²) >= 11 is 4.32. The van der Waals surface area contributed by atoms with Gasteiger partial charge in [-0.1, -0.05) is 32.6 Å². The normalized spacial score (nSPS) is 19.7. The van der Waals surface area contributed by atoms with Gasteiger partial charge >= 0.3 is 0 Å². The van der Waals surface area contributed by atoms with Crippen molar-refractivity contribution in [2.75, 3.05) is 6.54 Å². The summed E-state index contributed by atoms with van der Waals surface area (Å²) in [7, 11) is 0. The van der Waals surface area contributed by atoms with Crippen LogP contribution in [0.4, 0.5) is 0 Å². The van der Waals surface area contributed by atoms with Crippen LogP contribution in [0.1, 0.15) is 63.5 Å². The highest BCUT2D eigenvalue weighted by Crippen LogP contribution is 2.35. The highest BCUT2D eigenvalue weighted by atomic mass is 127. The highest BCUT2D eigenvalue weighted by molar-refractivity contribution is 14.1. The van der Waals surface area contributed by atoms with Gasteiger partial charge in [0.2, 0.25) is 0 Å². The molecule has 18 heavy (non-hydrogen) atoms. The second kappa shape index (κ2) is 7.85. The second-order valence-electron chi connectivity index (χ2n) is 5.37. The second-order valence-corrected chi connectivity index (χ2v) is 8.17. The molecular formula is C15H24INS. The summed E-state index contributed by atoms with van der Waals surface area (Å²) < 4.78 is 1.42. The first-order chi connectivity index (χ1) is 8.81. The molecular weight excluding hydrogens is 353 g/mol. The van der Waals surface area contributed by atoms with Gasteiger partial charge in [0.05, 0.1) is 2.88 Å². The first-order valence-electron chi connectivity index (χ1n) is 7.28. The Labute approximate surface area is 129 Å². The van der Waals surface area contributed by atoms with Crippen LogP contribution in [0.3, 0.4) is 0 Å². The molecule has 102 valence electrons. The maximum Gasteiger partial charge on any atom is 0.0656 e. The minimum atomic E-state index is 0.600. The van der Waals surface area contributed by atoms with Gasteiger partial charge in [0.15, 0.2) is 0 Å². The largest absolute Gasteiger partial charge is 0.310 e. The predicted molar refractivity (Wildman–Crippen MR) is 89.3 cm³/mol. The maximum atomic E-state index is 3.80. The number of thiophene rings is 1. The number of hydrogen-bond donors (Lipinski definition) is 1. The molecule has 0 bridgehead atoms. The predicted octanol–water partition coefficient (Wildman–Crippen LogP) is 5.36. The fourth-order valence-corrected chi connectivity index (χ4v) is 4.40. The summed E-state index contributed by atoms with van der Waals surface area (Å²) in [5, 5.41) is 6.16. The Hall–Kier alpha value is 0.390. The minimum Gasteiger partial charge on any atom is -0.310 e. The Morgan fingerprint density at radius 2 is 2.06 bits per heavy atom. The lowest BCUT2D eigenvalue weighted by Crippen LogP contribution is -2.28. The Morgan fingerprint density at radius 3 is 2.61 bits per heavy atom. The fraction of sp³-hybridized carbons (Fsp3) is 0.733. The van der Waals surface area contributed by atoms with Gasteiger partial charge in [-0.3, -0.25) is 0 Å². The molecule has 0 amide bonds. The van der Waals surface area contributed by atoms with Gasteiger partial charge in [0.1, 0.15) is 0 Å². The van der Waals surface area contributed by atoms with E-state index in [-0.39, 0.29) is 0 Å². The zero-order valence-electron chi connectivity index (χ0n) is 11.3. The van der Waals surface area contributed by atoms with E-state index in [4.69, 9.17) is 0 Å². The zero-order valence-corrected chi connectivity index (χ0v) is 14.2. The molecule has 1 aromatic heterocycles. The van der Waals surface area contributed by atoms with E-state index < -0.39 is 0 Å². The third-order valence-electron chi connectivity index (χ3n) is 3.93. The molecule has 1 unspecified atom stereocenters. The lowest BCUT2D eigenvalue weighted by atomic mass is 9.88. The average Bonchev–Trinajstić information content (AvgIpc) is 2.65. The van der Waals surface area contributed by atoms with Crippen molar-refractivity contribution in [1.82, 2.24) is 5.32 Å². The lowest BCUT2D eigenvalue weighted by molar-refractivity contribution is 0.326. The van der Waals surface area contributed by atoms with Crippen LogP contribution in [0.5, 0.6) is 0 Å². The topological polar surface area (TPSA) is 12.0 Å². The van der Waals surface area contributed by atoms with Crippen molar-refractivity contribution < 1.29 is 0 Å². The van der Waals surface area contributed by atoms with Crippen LogP contribution in [0.25, 0.3) is 0 Å². The average molecular weight is 377 g/mol. The number of halogens is 1. The van der Waals surface area contributed by atoms with E-state index in [9.17, 15) is 0 Å². The van der Waals surface area contributed by atoms with E-state index in [0.29, 0.717) is 6.04 Å². The van der Waals surface area contributed by atoms with Crippen LogP contribution in [0.2, 0.25) is 0 Å². The molecule has 2 rings (SSSR count).